The fourth-order valence-electron chi connectivity index (χ4n) is 15.5. The zero-order valence-corrected chi connectivity index (χ0v) is 78.3. The van der Waals surface area contributed by atoms with Gasteiger partial charge in [0.1, 0.15) is 0 Å². The van der Waals surface area contributed by atoms with E-state index in [0.717, 1.165) is 88.2 Å². The summed E-state index contributed by atoms with van der Waals surface area (Å²) in [4.78, 5) is 29.3. The molecule has 5 aliphatic heterocycles. The number of para-hydroxylation sites is 6. The third kappa shape index (κ3) is 28.4. The number of aliphatic imine (C=N–C) groups is 1. The van der Waals surface area contributed by atoms with E-state index in [1.807, 2.05) is 55.1 Å². The lowest BCUT2D eigenvalue weighted by molar-refractivity contribution is 0.202. The van der Waals surface area contributed by atoms with Gasteiger partial charge in [0.15, 0.2) is 0 Å². The topological polar surface area (TPSA) is 130 Å². The molecule has 2 unspecified atom stereocenters. The summed E-state index contributed by atoms with van der Waals surface area (Å²) in [6.45, 7) is 63.4. The minimum atomic E-state index is 0.107. The molecule has 0 saturated carbocycles. The molecule has 10 heterocycles. The van der Waals surface area contributed by atoms with Gasteiger partial charge in [-0.05, 0) is 225 Å². The Kier molecular flexibility index (Phi) is 33.8. The molecule has 12 heteroatoms. The predicted octanol–water partition coefficient (Wildman–Crippen LogP) is 26.2. The smallest absolute Gasteiger partial charge is 0.0963 e. The van der Waals surface area contributed by atoms with Crippen LogP contribution in [0.5, 0.6) is 0 Å². The average Bonchev–Trinajstić information content (AvgIpc) is 1.01. The Morgan fingerprint density at radius 2 is 1.02 bits per heavy atom. The zero-order chi connectivity index (χ0) is 87.2. The van der Waals surface area contributed by atoms with Crippen LogP contribution in [0.2, 0.25) is 0 Å². The van der Waals surface area contributed by atoms with Crippen LogP contribution >= 0.6 is 0 Å². The molecule has 12 nitrogen and oxygen atoms in total. The quantitative estimate of drug-likeness (QED) is 0.116. The third-order valence-electron chi connectivity index (χ3n) is 23.2. The summed E-state index contributed by atoms with van der Waals surface area (Å²) in [6.07, 6.45) is 16.1. The number of H-pyrrole nitrogens is 2. The first-order chi connectivity index (χ1) is 56.7. The SMILES string of the molecule is CC(C)(C)C1=Nc2ccccc2C1.CC(C)(C)C1CCc2ccccc2C1.CC(C)(C)C1Cc2ccccc2CN1.CC(C)(C)c1c[nH]c2ccccc12.CC(C)(C)c1cc2ccccc2[nH]1.CC(C)(C)n1cnc2ccccc21.CC(C)C.CC(C)N1CCc2ncccc2C1.CC(C)N1CNc2ccccc2C1.c1cnc2c(c1)CCNC2. The lowest BCUT2D eigenvalue weighted by atomic mass is 9.71. The molecule has 1 aliphatic carbocycles. The summed E-state index contributed by atoms with van der Waals surface area (Å²) in [6, 6.07) is 72.1. The Balaban J connectivity index is 0.000000153. The number of nitrogens with zero attached hydrogens (tertiary/aromatic N) is 7. The molecule has 0 spiro atoms. The van der Waals surface area contributed by atoms with Crippen LogP contribution in [0.4, 0.5) is 11.4 Å². The van der Waals surface area contributed by atoms with Crippen molar-refractivity contribution in [3.05, 3.63) is 292 Å². The van der Waals surface area contributed by atoms with Crippen LogP contribution in [0.3, 0.4) is 0 Å². The van der Waals surface area contributed by atoms with Crippen molar-refractivity contribution in [1.29, 1.82) is 0 Å². The largest absolute Gasteiger partial charge is 0.372 e. The summed E-state index contributed by atoms with van der Waals surface area (Å²) in [7, 11) is 0. The van der Waals surface area contributed by atoms with Crippen LogP contribution in [-0.4, -0.2) is 82.9 Å². The second-order valence-electron chi connectivity index (χ2n) is 40.8. The van der Waals surface area contributed by atoms with Gasteiger partial charge in [-0.25, -0.2) is 4.98 Å². The molecule has 7 aromatic carbocycles. The first-order valence-corrected chi connectivity index (χ1v) is 44.7. The molecule has 5 N–H and O–H groups in total. The van der Waals surface area contributed by atoms with E-state index in [1.165, 1.54) is 120 Å². The standard InChI is InChI=1S/C14H20.C13H19N.3C12H15N.C11H14N2.2C11H16N2.C8H10N2.C4H10/c1-14(2,3)13-9-8-11-6-4-5-7-12(11)10-13;1-13(2,3)12-8-10-6-4-5-7-11(10)9-14-12;1-12(2,3)10-8-13-11-7-5-4-6-9(10)11;2*1-12(2,3)11-8-9-6-4-5-7-10(9)13-11;1-11(2,3)13-8-12-9-6-4-5-7-10(9)13;1-9(2)13-7-5-11-10(8-13)4-3-6-12-11;1-9(2)13-7-10-5-3-4-6-11(10)12-8-13;1-2-7-3-5-9-6-8(7)10-4-1;1-4(2)3/h4-7,13H,8-10H2,1-3H3;4-7,12,14H,8-9H2,1-3H3;4-8,13H,1-3H3;4-7H,8H2,1-3H3;4-8,13H,1-3H3;4-8H,1-3H3;3-4,6,9H,5,7-8H2,1-2H3;3-6,9,12H,7-8H2,1-2H3;1-2,4,9H,3,5-6H2;4H,1-3H3. The van der Waals surface area contributed by atoms with Gasteiger partial charge in [0.05, 0.1) is 35.4 Å². The minimum Gasteiger partial charge on any atom is -0.372 e. The van der Waals surface area contributed by atoms with Gasteiger partial charge < -0.3 is 30.5 Å². The fraction of sp³-hybridized carbons (Fsp3) is 0.463. The van der Waals surface area contributed by atoms with E-state index < -0.39 is 0 Å². The number of hydrogen-bond acceptors (Lipinski definition) is 9. The van der Waals surface area contributed by atoms with E-state index in [0.29, 0.717) is 29.0 Å². The highest BCUT2D eigenvalue weighted by molar-refractivity contribution is 5.97. The van der Waals surface area contributed by atoms with Crippen molar-refractivity contribution in [1.82, 2.24) is 49.9 Å². The molecule has 0 bridgehead atoms. The van der Waals surface area contributed by atoms with Gasteiger partial charge in [0, 0.05) is 138 Å². The Morgan fingerprint density at radius 3 is 1.63 bits per heavy atom. The van der Waals surface area contributed by atoms with E-state index >= 15 is 0 Å². The van der Waals surface area contributed by atoms with Crippen LogP contribution in [0.25, 0.3) is 32.8 Å². The van der Waals surface area contributed by atoms with E-state index in [1.54, 1.807) is 11.1 Å². The maximum Gasteiger partial charge on any atom is 0.0963 e. The Bertz CT molecular complexity index is 4850. The van der Waals surface area contributed by atoms with Crippen LogP contribution in [0, 0.1) is 28.1 Å². The molecule has 0 saturated heterocycles. The molecule has 0 radical (unpaired) electrons. The van der Waals surface area contributed by atoms with Crippen molar-refractivity contribution < 1.29 is 0 Å². The second-order valence-corrected chi connectivity index (χ2v) is 40.8. The number of fused-ring (bicyclic) bond motifs is 9. The number of benzene rings is 7. The van der Waals surface area contributed by atoms with E-state index in [9.17, 15) is 0 Å². The van der Waals surface area contributed by atoms with Gasteiger partial charge in [-0.1, -0.05) is 270 Å². The molecule has 642 valence electrons. The summed E-state index contributed by atoms with van der Waals surface area (Å²) < 4.78 is 2.20. The maximum atomic E-state index is 4.64. The van der Waals surface area contributed by atoms with Gasteiger partial charge in [-0.15, -0.1) is 0 Å². The van der Waals surface area contributed by atoms with Crippen molar-refractivity contribution in [3.63, 3.8) is 0 Å². The lowest BCUT2D eigenvalue weighted by Gasteiger charge is -2.35. The number of aromatic amines is 2. The van der Waals surface area contributed by atoms with Gasteiger partial charge in [-0.2, -0.15) is 0 Å². The molecule has 12 aromatic rings. The number of aromatic nitrogens is 6. The fourth-order valence-corrected chi connectivity index (χ4v) is 15.5. The van der Waals surface area contributed by atoms with Crippen molar-refractivity contribution >= 4 is 49.9 Å². The van der Waals surface area contributed by atoms with E-state index in [-0.39, 0.29) is 21.8 Å². The van der Waals surface area contributed by atoms with Gasteiger partial charge in [0.25, 0.3) is 0 Å². The van der Waals surface area contributed by atoms with Crippen molar-refractivity contribution in [2.75, 3.05) is 25.1 Å². The molecule has 0 fully saturated rings. The number of nitrogens with one attached hydrogen (secondary N) is 5. The Hall–Kier alpha value is -9.30. The van der Waals surface area contributed by atoms with Crippen LogP contribution in [0.1, 0.15) is 247 Å². The van der Waals surface area contributed by atoms with Gasteiger partial charge in [0.2, 0.25) is 0 Å². The van der Waals surface area contributed by atoms with E-state index in [2.05, 4.69) is 403 Å². The molecule has 0 amide bonds. The minimum absolute atomic E-state index is 0.107. The summed E-state index contributed by atoms with van der Waals surface area (Å²) in [5, 5.41) is 13.0. The predicted molar refractivity (Wildman–Crippen MR) is 516 cm³/mol. The number of aryl methyl sites for hydroxylation is 1. The van der Waals surface area contributed by atoms with Crippen molar-refractivity contribution in [2.45, 2.75) is 279 Å². The molecular formula is C108H150N12. The number of imidazole rings is 1. The summed E-state index contributed by atoms with van der Waals surface area (Å²) >= 11 is 0. The molecule has 18 rings (SSSR count). The van der Waals surface area contributed by atoms with Crippen LogP contribution in [0.15, 0.2) is 230 Å². The zero-order valence-electron chi connectivity index (χ0n) is 78.3. The number of rotatable bonds is 2. The first kappa shape index (κ1) is 94.5. The maximum absolute atomic E-state index is 4.64. The molecule has 120 heavy (non-hydrogen) atoms. The Labute approximate surface area is 724 Å². The molecule has 5 aromatic heterocycles. The highest BCUT2D eigenvalue weighted by atomic mass is 15.3. The first-order valence-electron chi connectivity index (χ1n) is 44.7. The molecule has 6 aliphatic rings. The summed E-state index contributed by atoms with van der Waals surface area (Å²) in [5.74, 6) is 1.69. The second kappa shape index (κ2) is 43.0. The van der Waals surface area contributed by atoms with Gasteiger partial charge >= 0.3 is 0 Å². The summed E-state index contributed by atoms with van der Waals surface area (Å²) in [5.41, 5.74) is 27.0. The van der Waals surface area contributed by atoms with E-state index in [4.69, 9.17) is 0 Å². The van der Waals surface area contributed by atoms with Crippen molar-refractivity contribution in [3.8, 4) is 0 Å². The number of hydrogen-bond donors (Lipinski definition) is 5. The molecule has 2 atom stereocenters. The Morgan fingerprint density at radius 1 is 0.458 bits per heavy atom. The van der Waals surface area contributed by atoms with Gasteiger partial charge in [-0.3, -0.25) is 24.8 Å². The lowest BCUT2D eigenvalue weighted by Crippen LogP contribution is -2.44. The normalized spacial score (nSPS) is 16.1. The highest BCUT2D eigenvalue weighted by Crippen LogP contribution is 2.38. The monoisotopic (exact) mass is 1620 g/mol. The average molecular weight is 1620 g/mol. The van der Waals surface area contributed by atoms with Crippen molar-refractivity contribution in [2.24, 2.45) is 33.1 Å². The van der Waals surface area contributed by atoms with Crippen LogP contribution < -0.4 is 16.0 Å². The highest BCUT2D eigenvalue weighted by Gasteiger charge is 2.31. The number of pyridine rings is 2. The van der Waals surface area contributed by atoms with Crippen LogP contribution in [-0.2, 0) is 81.1 Å². The third-order valence-corrected chi connectivity index (χ3v) is 23.2. The number of anilines is 1. The molecular weight excluding hydrogens is 1470 g/mol.